The summed E-state index contributed by atoms with van der Waals surface area (Å²) in [5.41, 5.74) is 0. The van der Waals surface area contributed by atoms with Crippen LogP contribution in [0.5, 0.6) is 0 Å². The van der Waals surface area contributed by atoms with Gasteiger partial charge in [-0.05, 0) is 32.1 Å². The van der Waals surface area contributed by atoms with Crippen molar-refractivity contribution in [3.05, 3.63) is 0 Å². The number of hydrogen-bond donors (Lipinski definition) is 0. The molecule has 0 aromatic heterocycles. The van der Waals surface area contributed by atoms with Gasteiger partial charge in [0.1, 0.15) is 0 Å². The van der Waals surface area contributed by atoms with E-state index >= 15 is 0 Å². The Bertz CT molecular complexity index is 213. The van der Waals surface area contributed by atoms with E-state index in [1.165, 1.54) is 58.2 Å². The molecule has 2 aliphatic rings. The minimum atomic E-state index is 0.314. The van der Waals surface area contributed by atoms with Crippen molar-refractivity contribution in [1.82, 2.24) is 6.23 Å². The van der Waals surface area contributed by atoms with Gasteiger partial charge in [0.15, 0.2) is 3.92 Å². The molecule has 2 rings (SSSR count). The van der Waals surface area contributed by atoms with E-state index in [2.05, 4.69) is 36.0 Å². The van der Waals surface area contributed by atoms with Crippen LogP contribution in [0.25, 0.3) is 0 Å². The van der Waals surface area contributed by atoms with Gasteiger partial charge >= 0.3 is 44.3 Å². The second-order valence-electron chi connectivity index (χ2n) is 4.93. The fourth-order valence-electron chi connectivity index (χ4n) is 2.70. The third kappa shape index (κ3) is 3.95. The molecule has 0 spiro atoms. The molecule has 0 bridgehead atoms. The van der Waals surface area contributed by atoms with E-state index in [-0.39, 0.29) is 0 Å². The fraction of sp³-hybridized carbons (Fsp3) is 1.00. The van der Waals surface area contributed by atoms with Crippen LogP contribution in [0, 0.1) is 0 Å². The third-order valence-corrected chi connectivity index (χ3v) is 8.25. The summed E-state index contributed by atoms with van der Waals surface area (Å²) in [5.74, 6) is 0. The van der Waals surface area contributed by atoms with Crippen LogP contribution in [0.3, 0.4) is 0 Å². The van der Waals surface area contributed by atoms with Crippen molar-refractivity contribution in [3.8, 4) is 0 Å². The largest absolute Gasteiger partial charge is 0.392 e. The van der Waals surface area contributed by atoms with Gasteiger partial charge in [-0.1, -0.05) is 19.6 Å². The summed E-state index contributed by atoms with van der Waals surface area (Å²) >= 11 is 2.54. The first-order valence-corrected chi connectivity index (χ1v) is 9.87. The first-order valence-electron chi connectivity index (χ1n) is 6.62. The molecule has 94 valence electrons. The van der Waals surface area contributed by atoms with Crippen LogP contribution in [-0.2, 0) is 0 Å². The molecular formula is C12H24I2N2+2. The van der Waals surface area contributed by atoms with Gasteiger partial charge in [-0.3, -0.25) is 0 Å². The molecule has 0 radical (unpaired) electrons. The van der Waals surface area contributed by atoms with Crippen molar-refractivity contribution >= 4 is 0 Å². The van der Waals surface area contributed by atoms with Gasteiger partial charge in [0.25, 0.3) is 0 Å². The van der Waals surface area contributed by atoms with Crippen molar-refractivity contribution in [3.63, 3.8) is 0 Å². The number of hydrogen-bond acceptors (Lipinski definition) is 2. The fourth-order valence-corrected chi connectivity index (χ4v) is 8.42. The zero-order chi connectivity index (χ0) is 11.4. The van der Waals surface area contributed by atoms with E-state index in [1.54, 1.807) is 0 Å². The molecule has 2 nitrogen and oxygen atoms in total. The average Bonchev–Trinajstić information content (AvgIpc) is 2.66. The van der Waals surface area contributed by atoms with Crippen molar-refractivity contribution in [1.29, 1.82) is 0 Å². The highest BCUT2D eigenvalue weighted by molar-refractivity contribution is 4.73. The van der Waals surface area contributed by atoms with Crippen LogP contribution >= 0.6 is 0 Å². The minimum Gasteiger partial charge on any atom is -0.0949 e. The number of nitrogens with zero attached hydrogens (tertiary/aromatic N) is 2. The zero-order valence-electron chi connectivity index (χ0n) is 10.2. The lowest BCUT2D eigenvalue weighted by molar-refractivity contribution is -0.838. The number of alkyl halides is 1. The molecule has 4 heteroatoms. The molecule has 2 unspecified atom stereocenters. The SMILES string of the molecule is CCCC1CCCN1[I+]C1CCCN([IH+])C1. The molecule has 2 heterocycles. The number of piperidine rings is 1. The maximum Gasteiger partial charge on any atom is 0.392 e. The predicted molar refractivity (Wildman–Crippen MR) is 60.6 cm³/mol. The van der Waals surface area contributed by atoms with Crippen LogP contribution < -0.4 is 44.3 Å². The van der Waals surface area contributed by atoms with Gasteiger partial charge in [-0.25, -0.2) is 0 Å². The van der Waals surface area contributed by atoms with Crippen LogP contribution in [0.4, 0.5) is 0 Å². The Labute approximate surface area is 125 Å². The van der Waals surface area contributed by atoms with Crippen molar-refractivity contribution in [2.24, 2.45) is 0 Å². The maximum atomic E-state index is 2.90. The third-order valence-electron chi connectivity index (χ3n) is 3.52. The zero-order valence-corrected chi connectivity index (χ0v) is 14.7. The standard InChI is InChI=1S/C12H24I2N2/c1-2-5-12-7-4-9-16(12)14-11-6-3-8-15(13)10-11/h11-13H,2-10H2,1H3/q+2. The van der Waals surface area contributed by atoms with E-state index < -0.39 is 0 Å². The van der Waals surface area contributed by atoms with Gasteiger partial charge in [-0.15, -0.1) is 0 Å². The minimum absolute atomic E-state index is 0.314. The molecule has 2 fully saturated rings. The summed E-state index contributed by atoms with van der Waals surface area (Å²) in [6.07, 6.45) is 8.72. The van der Waals surface area contributed by atoms with E-state index in [0.29, 0.717) is 21.5 Å². The molecule has 2 saturated heterocycles. The predicted octanol–water partition coefficient (Wildman–Crippen LogP) is -4.08. The van der Waals surface area contributed by atoms with Crippen LogP contribution in [0.15, 0.2) is 0 Å². The quantitative estimate of drug-likeness (QED) is 0.245. The summed E-state index contributed by atoms with van der Waals surface area (Å²) in [6, 6.07) is 0.964. The molecule has 2 atom stereocenters. The monoisotopic (exact) mass is 450 g/mol. The molecule has 0 aromatic carbocycles. The first kappa shape index (κ1) is 13.8. The Kier molecular flexibility index (Phi) is 6.12. The molecule has 16 heavy (non-hydrogen) atoms. The lowest BCUT2D eigenvalue weighted by Crippen LogP contribution is -3.71. The number of rotatable bonds is 4. The van der Waals surface area contributed by atoms with Crippen LogP contribution in [0.1, 0.15) is 45.4 Å². The molecule has 0 N–H and O–H groups in total. The smallest absolute Gasteiger partial charge is 0.0949 e. The highest BCUT2D eigenvalue weighted by Gasteiger charge is 2.41. The van der Waals surface area contributed by atoms with E-state index in [4.69, 9.17) is 0 Å². The van der Waals surface area contributed by atoms with Gasteiger partial charge in [0.2, 0.25) is 0 Å². The van der Waals surface area contributed by atoms with Gasteiger partial charge in [-0.2, -0.15) is 0 Å². The van der Waals surface area contributed by atoms with Gasteiger partial charge < -0.3 is 0 Å². The first-order chi connectivity index (χ1) is 7.79. The lowest BCUT2D eigenvalue weighted by atomic mass is 10.1. The Morgan fingerprint density at radius 2 is 2.06 bits per heavy atom. The Balaban J connectivity index is 1.79. The van der Waals surface area contributed by atoms with Crippen molar-refractivity contribution in [2.45, 2.75) is 55.4 Å². The second-order valence-corrected chi connectivity index (χ2v) is 9.96. The second kappa shape index (κ2) is 7.09. The van der Waals surface area contributed by atoms with Crippen molar-refractivity contribution < 1.29 is 44.3 Å². The highest BCUT2D eigenvalue weighted by atomic mass is 127. The van der Waals surface area contributed by atoms with E-state index in [9.17, 15) is 0 Å². The van der Waals surface area contributed by atoms with E-state index in [0.717, 1.165) is 9.97 Å². The number of halogens is 2. The summed E-state index contributed by atoms with van der Waals surface area (Å²) in [7, 11) is 0. The average molecular weight is 450 g/mol. The molecule has 0 saturated carbocycles. The lowest BCUT2D eigenvalue weighted by Gasteiger charge is -2.19. The van der Waals surface area contributed by atoms with Crippen LogP contribution in [0.2, 0.25) is 0 Å². The summed E-state index contributed by atoms with van der Waals surface area (Å²) in [6.45, 7) is 6.47. The highest BCUT2D eigenvalue weighted by Crippen LogP contribution is 2.16. The molecule has 0 aromatic rings. The van der Waals surface area contributed by atoms with Gasteiger partial charge in [0.05, 0.1) is 12.6 Å². The molecule has 0 aliphatic carbocycles. The van der Waals surface area contributed by atoms with Gasteiger partial charge in [0, 0.05) is 13.1 Å². The van der Waals surface area contributed by atoms with E-state index in [1.807, 2.05) is 0 Å². The summed E-state index contributed by atoms with van der Waals surface area (Å²) < 4.78 is 6.50. The Morgan fingerprint density at radius 3 is 2.81 bits per heavy atom. The Morgan fingerprint density at radius 1 is 1.25 bits per heavy atom. The molecular weight excluding hydrogens is 426 g/mol. The normalized spacial score (nSPS) is 33.4. The maximum absolute atomic E-state index is 2.90. The Hall–Kier alpha value is 1.38. The molecule has 2 aliphatic heterocycles. The summed E-state index contributed by atoms with van der Waals surface area (Å²) in [4.78, 5) is 0. The van der Waals surface area contributed by atoms with Crippen molar-refractivity contribution in [2.75, 3.05) is 19.6 Å². The molecule has 0 amide bonds. The van der Waals surface area contributed by atoms with Crippen LogP contribution in [-0.4, -0.2) is 35.8 Å². The summed E-state index contributed by atoms with van der Waals surface area (Å²) in [5, 5.41) is 0. The topological polar surface area (TPSA) is 6.48 Å².